The highest BCUT2D eigenvalue weighted by molar-refractivity contribution is 7.15. The van der Waals surface area contributed by atoms with Gasteiger partial charge in [0.05, 0.1) is 11.4 Å². The number of fused-ring (bicyclic) bond motifs is 1. The van der Waals surface area contributed by atoms with Gasteiger partial charge in [0.25, 0.3) is 5.91 Å². The zero-order valence-corrected chi connectivity index (χ0v) is 12.5. The third-order valence-corrected chi connectivity index (χ3v) is 4.55. The van der Waals surface area contributed by atoms with Crippen LogP contribution in [0.25, 0.3) is 0 Å². The average Bonchev–Trinajstić information content (AvgIpc) is 3.02. The maximum absolute atomic E-state index is 12.4. The van der Waals surface area contributed by atoms with E-state index in [-0.39, 0.29) is 11.9 Å². The number of carbonyl (C=O) groups excluding carboxylic acids is 1. The second-order valence-corrected chi connectivity index (χ2v) is 6.44. The first-order valence-electron chi connectivity index (χ1n) is 6.82. The number of amides is 1. The number of nitrogen functional groups attached to an aromatic ring is 1. The van der Waals surface area contributed by atoms with E-state index in [9.17, 15) is 4.79 Å². The molecule has 1 amide bonds. The molecule has 0 radical (unpaired) electrons. The van der Waals surface area contributed by atoms with Gasteiger partial charge in [0, 0.05) is 17.1 Å². The summed E-state index contributed by atoms with van der Waals surface area (Å²) in [4.78, 5) is 18.1. The Morgan fingerprint density at radius 3 is 3.00 bits per heavy atom. The van der Waals surface area contributed by atoms with Gasteiger partial charge in [-0.25, -0.2) is 4.98 Å². The van der Waals surface area contributed by atoms with Crippen molar-refractivity contribution in [2.45, 2.75) is 39.2 Å². The van der Waals surface area contributed by atoms with E-state index < -0.39 is 0 Å². The van der Waals surface area contributed by atoms with Crippen LogP contribution in [-0.4, -0.2) is 15.5 Å². The standard InChI is InChI=1S/C14H18N4OS/c1-8(2)18-7-9(15)6-11(18)13(19)17-14-16-10-4-3-5-12(10)20-14/h6-8H,3-5,15H2,1-2H3,(H,16,17,19). The Morgan fingerprint density at radius 2 is 2.30 bits per heavy atom. The van der Waals surface area contributed by atoms with Gasteiger partial charge in [-0.2, -0.15) is 0 Å². The van der Waals surface area contributed by atoms with E-state index in [1.54, 1.807) is 23.6 Å². The van der Waals surface area contributed by atoms with Crippen LogP contribution in [-0.2, 0) is 12.8 Å². The smallest absolute Gasteiger partial charge is 0.274 e. The first-order chi connectivity index (χ1) is 9.54. The molecule has 0 unspecified atom stereocenters. The summed E-state index contributed by atoms with van der Waals surface area (Å²) in [7, 11) is 0. The minimum Gasteiger partial charge on any atom is -0.397 e. The van der Waals surface area contributed by atoms with Crippen molar-refractivity contribution in [3.63, 3.8) is 0 Å². The van der Waals surface area contributed by atoms with Crippen LogP contribution in [0.4, 0.5) is 10.8 Å². The minimum absolute atomic E-state index is 0.150. The maximum Gasteiger partial charge on any atom is 0.274 e. The van der Waals surface area contributed by atoms with Gasteiger partial charge in [-0.3, -0.25) is 10.1 Å². The number of rotatable bonds is 3. The lowest BCUT2D eigenvalue weighted by Crippen LogP contribution is -2.17. The number of carbonyl (C=O) groups is 1. The quantitative estimate of drug-likeness (QED) is 0.913. The molecule has 0 saturated heterocycles. The normalized spacial score (nSPS) is 13.8. The number of hydrogen-bond acceptors (Lipinski definition) is 4. The molecule has 3 N–H and O–H groups in total. The number of nitrogens with zero attached hydrogens (tertiary/aromatic N) is 2. The molecular formula is C14H18N4OS. The van der Waals surface area contributed by atoms with E-state index in [2.05, 4.69) is 10.3 Å². The van der Waals surface area contributed by atoms with Crippen molar-refractivity contribution in [3.05, 3.63) is 28.5 Å². The second kappa shape index (κ2) is 4.94. The summed E-state index contributed by atoms with van der Waals surface area (Å²) < 4.78 is 1.88. The number of thiazole rings is 1. The van der Waals surface area contributed by atoms with E-state index in [0.29, 0.717) is 16.5 Å². The second-order valence-electron chi connectivity index (χ2n) is 5.36. The molecule has 0 fully saturated rings. The topological polar surface area (TPSA) is 72.9 Å². The molecule has 3 rings (SSSR count). The van der Waals surface area contributed by atoms with Crippen LogP contribution in [0.1, 0.15) is 47.4 Å². The number of nitrogens with two attached hydrogens (primary N) is 1. The van der Waals surface area contributed by atoms with Crippen LogP contribution >= 0.6 is 11.3 Å². The van der Waals surface area contributed by atoms with Crippen LogP contribution in [0.2, 0.25) is 0 Å². The van der Waals surface area contributed by atoms with Gasteiger partial charge in [0.15, 0.2) is 5.13 Å². The molecular weight excluding hydrogens is 272 g/mol. The molecule has 0 spiro atoms. The Balaban J connectivity index is 1.82. The monoisotopic (exact) mass is 290 g/mol. The van der Waals surface area contributed by atoms with Crippen molar-refractivity contribution < 1.29 is 4.79 Å². The zero-order valence-electron chi connectivity index (χ0n) is 11.6. The van der Waals surface area contributed by atoms with Crippen molar-refractivity contribution in [2.75, 3.05) is 11.1 Å². The molecule has 6 heteroatoms. The van der Waals surface area contributed by atoms with Crippen molar-refractivity contribution in [3.8, 4) is 0 Å². The van der Waals surface area contributed by atoms with Crippen molar-refractivity contribution >= 4 is 28.1 Å². The average molecular weight is 290 g/mol. The van der Waals surface area contributed by atoms with Gasteiger partial charge < -0.3 is 10.3 Å². The summed E-state index contributed by atoms with van der Waals surface area (Å²) in [6.45, 7) is 4.04. The Morgan fingerprint density at radius 1 is 1.50 bits per heavy atom. The molecule has 5 nitrogen and oxygen atoms in total. The molecule has 0 atom stereocenters. The zero-order chi connectivity index (χ0) is 14.3. The highest BCUT2D eigenvalue weighted by Gasteiger charge is 2.20. The molecule has 2 aromatic heterocycles. The van der Waals surface area contributed by atoms with Gasteiger partial charge in [0.2, 0.25) is 0 Å². The fraction of sp³-hybridized carbons (Fsp3) is 0.429. The van der Waals surface area contributed by atoms with Gasteiger partial charge >= 0.3 is 0 Å². The summed E-state index contributed by atoms with van der Waals surface area (Å²) in [5.41, 5.74) is 8.12. The number of hydrogen-bond donors (Lipinski definition) is 2. The fourth-order valence-corrected chi connectivity index (χ4v) is 3.56. The SMILES string of the molecule is CC(C)n1cc(N)cc1C(=O)Nc1nc2c(s1)CCC2. The lowest BCUT2D eigenvalue weighted by molar-refractivity contribution is 0.101. The van der Waals surface area contributed by atoms with E-state index in [4.69, 9.17) is 5.73 Å². The van der Waals surface area contributed by atoms with Crippen LogP contribution < -0.4 is 11.1 Å². The fourth-order valence-electron chi connectivity index (χ4n) is 2.51. The summed E-state index contributed by atoms with van der Waals surface area (Å²) in [5, 5.41) is 3.58. The molecule has 0 bridgehead atoms. The molecule has 1 aliphatic carbocycles. The minimum atomic E-state index is -0.150. The Bertz CT molecular complexity index is 635. The van der Waals surface area contributed by atoms with Crippen LogP contribution in [0, 0.1) is 0 Å². The molecule has 106 valence electrons. The lowest BCUT2D eigenvalue weighted by Gasteiger charge is -2.11. The molecule has 2 heterocycles. The molecule has 0 aromatic carbocycles. The van der Waals surface area contributed by atoms with E-state index in [1.165, 1.54) is 11.3 Å². The van der Waals surface area contributed by atoms with Crippen molar-refractivity contribution in [1.82, 2.24) is 9.55 Å². The Kier molecular flexibility index (Phi) is 3.25. The number of aromatic nitrogens is 2. The van der Waals surface area contributed by atoms with Gasteiger partial charge in [-0.05, 0) is 39.2 Å². The highest BCUT2D eigenvalue weighted by Crippen LogP contribution is 2.30. The molecule has 0 saturated carbocycles. The van der Waals surface area contributed by atoms with Crippen molar-refractivity contribution in [2.24, 2.45) is 0 Å². The first-order valence-corrected chi connectivity index (χ1v) is 7.63. The van der Waals surface area contributed by atoms with Gasteiger partial charge in [-0.15, -0.1) is 11.3 Å². The Labute approximate surface area is 121 Å². The lowest BCUT2D eigenvalue weighted by atomic mass is 10.3. The van der Waals surface area contributed by atoms with E-state index in [0.717, 1.165) is 18.5 Å². The molecule has 20 heavy (non-hydrogen) atoms. The molecule has 2 aromatic rings. The Hall–Kier alpha value is -1.82. The van der Waals surface area contributed by atoms with Crippen molar-refractivity contribution in [1.29, 1.82) is 0 Å². The summed E-state index contributed by atoms with van der Waals surface area (Å²) in [6, 6.07) is 1.89. The number of anilines is 2. The summed E-state index contributed by atoms with van der Waals surface area (Å²) in [5.74, 6) is -0.150. The number of nitrogens with one attached hydrogen (secondary N) is 1. The predicted molar refractivity (Wildman–Crippen MR) is 81.3 cm³/mol. The third kappa shape index (κ3) is 2.31. The summed E-state index contributed by atoms with van der Waals surface area (Å²) in [6.07, 6.45) is 5.08. The molecule has 1 aliphatic rings. The van der Waals surface area contributed by atoms with Gasteiger partial charge in [0.1, 0.15) is 5.69 Å². The predicted octanol–water partition coefficient (Wildman–Crippen LogP) is 2.85. The van der Waals surface area contributed by atoms with E-state index in [1.807, 2.05) is 18.4 Å². The van der Waals surface area contributed by atoms with Crippen LogP contribution in [0.3, 0.4) is 0 Å². The highest BCUT2D eigenvalue weighted by atomic mass is 32.1. The maximum atomic E-state index is 12.4. The number of aryl methyl sites for hydroxylation is 2. The third-order valence-electron chi connectivity index (χ3n) is 3.47. The van der Waals surface area contributed by atoms with Crippen LogP contribution in [0.5, 0.6) is 0 Å². The molecule has 0 aliphatic heterocycles. The largest absolute Gasteiger partial charge is 0.397 e. The summed E-state index contributed by atoms with van der Waals surface area (Å²) >= 11 is 1.58. The van der Waals surface area contributed by atoms with Gasteiger partial charge in [-0.1, -0.05) is 0 Å². The van der Waals surface area contributed by atoms with Crippen LogP contribution in [0.15, 0.2) is 12.3 Å². The first kappa shape index (κ1) is 13.2. The van der Waals surface area contributed by atoms with E-state index >= 15 is 0 Å².